The summed E-state index contributed by atoms with van der Waals surface area (Å²) in [6.07, 6.45) is 4.26. The standard InChI is InChI=1S/C18H25N5O5/c1-11-6-5-7-12(2)23(11)13(24)9-28-14(25)8-22-10-19-16-15(22)17(26)21(4)18(27)20(16)3/h10-12H,5-9H2,1-4H3/t11-,12+. The molecule has 0 aliphatic carbocycles. The molecule has 2 aromatic heterocycles. The summed E-state index contributed by atoms with van der Waals surface area (Å²) >= 11 is 0. The van der Waals surface area contributed by atoms with Gasteiger partial charge in [0.15, 0.2) is 17.8 Å². The third-order valence-electron chi connectivity index (χ3n) is 5.35. The van der Waals surface area contributed by atoms with Crippen LogP contribution >= 0.6 is 0 Å². The molecule has 10 nitrogen and oxygen atoms in total. The van der Waals surface area contributed by atoms with Gasteiger partial charge in [-0.1, -0.05) is 0 Å². The van der Waals surface area contributed by atoms with E-state index in [4.69, 9.17) is 4.74 Å². The van der Waals surface area contributed by atoms with E-state index in [1.807, 2.05) is 13.8 Å². The van der Waals surface area contributed by atoms with Gasteiger partial charge in [-0.25, -0.2) is 9.78 Å². The second kappa shape index (κ2) is 7.61. The number of aryl methyl sites for hydroxylation is 1. The maximum absolute atomic E-state index is 12.5. The number of piperidine rings is 1. The van der Waals surface area contributed by atoms with E-state index in [1.165, 1.54) is 29.6 Å². The van der Waals surface area contributed by atoms with Gasteiger partial charge in [0.1, 0.15) is 6.54 Å². The second-order valence-electron chi connectivity index (χ2n) is 7.34. The van der Waals surface area contributed by atoms with Gasteiger partial charge in [-0.3, -0.25) is 23.5 Å². The van der Waals surface area contributed by atoms with Gasteiger partial charge in [0.25, 0.3) is 11.5 Å². The van der Waals surface area contributed by atoms with E-state index in [1.54, 1.807) is 4.90 Å². The number of hydrogen-bond acceptors (Lipinski definition) is 6. The van der Waals surface area contributed by atoms with Crippen molar-refractivity contribution in [3.63, 3.8) is 0 Å². The first kappa shape index (κ1) is 19.8. The minimum absolute atomic E-state index is 0.122. The zero-order valence-electron chi connectivity index (χ0n) is 16.5. The number of nitrogens with zero attached hydrogens (tertiary/aromatic N) is 5. The Labute approximate surface area is 161 Å². The average molecular weight is 391 g/mol. The fraction of sp³-hybridized carbons (Fsp3) is 0.611. The molecule has 0 N–H and O–H groups in total. The fourth-order valence-electron chi connectivity index (χ4n) is 3.83. The average Bonchev–Trinajstić information content (AvgIpc) is 3.06. The molecule has 2 atom stereocenters. The van der Waals surface area contributed by atoms with E-state index < -0.39 is 17.2 Å². The van der Waals surface area contributed by atoms with Crippen LogP contribution in [0.5, 0.6) is 0 Å². The predicted molar refractivity (Wildman–Crippen MR) is 101 cm³/mol. The Balaban J connectivity index is 1.71. The van der Waals surface area contributed by atoms with E-state index >= 15 is 0 Å². The first-order chi connectivity index (χ1) is 13.2. The fourth-order valence-corrected chi connectivity index (χ4v) is 3.83. The number of hydrogen-bond donors (Lipinski definition) is 0. The van der Waals surface area contributed by atoms with E-state index in [9.17, 15) is 19.2 Å². The van der Waals surface area contributed by atoms with Gasteiger partial charge in [-0.05, 0) is 33.1 Å². The summed E-state index contributed by atoms with van der Waals surface area (Å²) < 4.78 is 8.66. The minimum Gasteiger partial charge on any atom is -0.454 e. The van der Waals surface area contributed by atoms with Crippen LogP contribution in [0.2, 0.25) is 0 Å². The van der Waals surface area contributed by atoms with Gasteiger partial charge < -0.3 is 14.2 Å². The molecule has 0 unspecified atom stereocenters. The van der Waals surface area contributed by atoms with Crippen LogP contribution in [0.15, 0.2) is 15.9 Å². The van der Waals surface area contributed by atoms with Crippen LogP contribution in [0.25, 0.3) is 11.2 Å². The van der Waals surface area contributed by atoms with Crippen LogP contribution in [0.4, 0.5) is 0 Å². The molecule has 3 rings (SSSR count). The lowest BCUT2D eigenvalue weighted by Gasteiger charge is -2.38. The molecule has 1 aliphatic heterocycles. The zero-order chi connectivity index (χ0) is 20.6. The van der Waals surface area contributed by atoms with Gasteiger partial charge in [-0.15, -0.1) is 0 Å². The highest BCUT2D eigenvalue weighted by Gasteiger charge is 2.29. The Kier molecular flexibility index (Phi) is 5.39. The van der Waals surface area contributed by atoms with Crippen molar-refractivity contribution in [3.05, 3.63) is 27.2 Å². The highest BCUT2D eigenvalue weighted by Crippen LogP contribution is 2.22. The summed E-state index contributed by atoms with van der Waals surface area (Å²) in [5.41, 5.74) is -0.727. The van der Waals surface area contributed by atoms with Crippen molar-refractivity contribution < 1.29 is 14.3 Å². The Morgan fingerprint density at radius 1 is 1.14 bits per heavy atom. The highest BCUT2D eigenvalue weighted by atomic mass is 16.5. The van der Waals surface area contributed by atoms with E-state index in [0.29, 0.717) is 0 Å². The summed E-state index contributed by atoms with van der Waals surface area (Å²) in [5.74, 6) is -0.872. The van der Waals surface area contributed by atoms with Crippen molar-refractivity contribution in [2.75, 3.05) is 6.61 Å². The van der Waals surface area contributed by atoms with E-state index in [0.717, 1.165) is 23.8 Å². The lowest BCUT2D eigenvalue weighted by atomic mass is 9.97. The normalized spacial score (nSPS) is 19.8. The Morgan fingerprint density at radius 2 is 1.79 bits per heavy atom. The van der Waals surface area contributed by atoms with Gasteiger partial charge in [0, 0.05) is 26.2 Å². The van der Waals surface area contributed by atoms with Gasteiger partial charge in [0.05, 0.1) is 6.33 Å². The molecule has 0 aromatic carbocycles. The third-order valence-corrected chi connectivity index (χ3v) is 5.35. The molecule has 1 fully saturated rings. The first-order valence-electron chi connectivity index (χ1n) is 9.30. The van der Waals surface area contributed by atoms with Crippen molar-refractivity contribution in [1.82, 2.24) is 23.6 Å². The predicted octanol–water partition coefficient (Wildman–Crippen LogP) is -0.234. The molecule has 1 amide bonds. The van der Waals surface area contributed by atoms with Gasteiger partial charge >= 0.3 is 11.7 Å². The quantitative estimate of drug-likeness (QED) is 0.666. The van der Waals surface area contributed by atoms with Crippen LogP contribution in [0, 0.1) is 0 Å². The van der Waals surface area contributed by atoms with Crippen LogP contribution in [0.1, 0.15) is 33.1 Å². The van der Waals surface area contributed by atoms with Crippen molar-refractivity contribution >= 4 is 23.0 Å². The largest absolute Gasteiger partial charge is 0.454 e. The number of carbonyl (C=O) groups excluding carboxylic acids is 2. The summed E-state index contributed by atoms with van der Waals surface area (Å²) in [6.45, 7) is 3.37. The van der Waals surface area contributed by atoms with E-state index in [2.05, 4.69) is 4.98 Å². The van der Waals surface area contributed by atoms with Crippen molar-refractivity contribution in [2.45, 2.75) is 51.7 Å². The number of carbonyl (C=O) groups is 2. The highest BCUT2D eigenvalue weighted by molar-refractivity contribution is 5.81. The molecule has 2 aromatic rings. The Morgan fingerprint density at radius 3 is 2.43 bits per heavy atom. The molecule has 0 saturated carbocycles. The lowest BCUT2D eigenvalue weighted by molar-refractivity contribution is -0.155. The molecule has 152 valence electrons. The summed E-state index contributed by atoms with van der Waals surface area (Å²) in [4.78, 5) is 54.9. The number of esters is 1. The number of ether oxygens (including phenoxy) is 1. The van der Waals surface area contributed by atoms with Crippen LogP contribution < -0.4 is 11.2 Å². The number of imidazole rings is 1. The Bertz CT molecular complexity index is 1020. The van der Waals surface area contributed by atoms with Crippen molar-refractivity contribution in [1.29, 1.82) is 0 Å². The van der Waals surface area contributed by atoms with Gasteiger partial charge in [-0.2, -0.15) is 0 Å². The second-order valence-corrected chi connectivity index (χ2v) is 7.34. The minimum atomic E-state index is -0.652. The summed E-state index contributed by atoms with van der Waals surface area (Å²) in [7, 11) is 2.86. The molecule has 28 heavy (non-hydrogen) atoms. The molecule has 3 heterocycles. The molecule has 0 radical (unpaired) electrons. The topological polar surface area (TPSA) is 108 Å². The van der Waals surface area contributed by atoms with E-state index in [-0.39, 0.29) is 42.3 Å². The van der Waals surface area contributed by atoms with Crippen LogP contribution in [0.3, 0.4) is 0 Å². The molecule has 0 spiro atoms. The molecule has 1 saturated heterocycles. The maximum Gasteiger partial charge on any atom is 0.332 e. The molecular weight excluding hydrogens is 366 g/mol. The summed E-state index contributed by atoms with van der Waals surface area (Å²) in [6, 6.07) is 0.244. The number of fused-ring (bicyclic) bond motifs is 1. The molecule has 1 aliphatic rings. The van der Waals surface area contributed by atoms with Crippen molar-refractivity contribution in [3.8, 4) is 0 Å². The zero-order valence-corrected chi connectivity index (χ0v) is 16.5. The smallest absolute Gasteiger partial charge is 0.332 e. The van der Waals surface area contributed by atoms with Crippen LogP contribution in [-0.4, -0.2) is 54.2 Å². The Hall–Kier alpha value is -2.91. The number of rotatable bonds is 4. The molecule has 0 bridgehead atoms. The third kappa shape index (κ3) is 3.46. The lowest BCUT2D eigenvalue weighted by Crippen LogP contribution is -2.49. The van der Waals surface area contributed by atoms with Gasteiger partial charge in [0.2, 0.25) is 0 Å². The first-order valence-corrected chi connectivity index (χ1v) is 9.30. The number of likely N-dealkylation sites (tertiary alicyclic amines) is 1. The molecular formula is C18H25N5O5. The number of aromatic nitrogens is 4. The number of amides is 1. The summed E-state index contributed by atoms with van der Waals surface area (Å²) in [5, 5.41) is 0. The molecule has 10 heteroatoms. The maximum atomic E-state index is 12.5. The van der Waals surface area contributed by atoms with Crippen LogP contribution in [-0.2, 0) is 35.0 Å². The SMILES string of the molecule is C[C@@H]1CCC[C@H](C)N1C(=O)COC(=O)Cn1cnc2c1c(=O)n(C)c(=O)n2C. The van der Waals surface area contributed by atoms with Crippen molar-refractivity contribution in [2.24, 2.45) is 14.1 Å². The monoisotopic (exact) mass is 391 g/mol.